The molecule has 1 saturated heterocycles. The molecular formula is C17H26N2O2. The predicted molar refractivity (Wildman–Crippen MR) is 84.1 cm³/mol. The van der Waals surface area contributed by atoms with Crippen LogP contribution in [0.4, 0.5) is 4.79 Å². The van der Waals surface area contributed by atoms with Gasteiger partial charge in [-0.3, -0.25) is 0 Å². The fourth-order valence-corrected chi connectivity index (χ4v) is 2.63. The number of hydrogen-bond donors (Lipinski definition) is 1. The molecule has 2 amide bonds. The van der Waals surface area contributed by atoms with E-state index in [0.29, 0.717) is 12.6 Å². The van der Waals surface area contributed by atoms with Crippen LogP contribution in [0.1, 0.15) is 38.2 Å². The van der Waals surface area contributed by atoms with Crippen molar-refractivity contribution in [3.05, 3.63) is 35.9 Å². The summed E-state index contributed by atoms with van der Waals surface area (Å²) in [5.74, 6) is 0. The Morgan fingerprint density at radius 2 is 2.19 bits per heavy atom. The second kappa shape index (κ2) is 8.03. The van der Waals surface area contributed by atoms with Crippen molar-refractivity contribution in [3.8, 4) is 0 Å². The Morgan fingerprint density at radius 1 is 1.43 bits per heavy atom. The monoisotopic (exact) mass is 290 g/mol. The van der Waals surface area contributed by atoms with E-state index in [2.05, 4.69) is 12.2 Å². The molecule has 0 aromatic heterocycles. The van der Waals surface area contributed by atoms with Crippen LogP contribution in [0.3, 0.4) is 0 Å². The van der Waals surface area contributed by atoms with Gasteiger partial charge in [-0.15, -0.1) is 0 Å². The van der Waals surface area contributed by atoms with Crippen molar-refractivity contribution in [2.75, 3.05) is 13.7 Å². The summed E-state index contributed by atoms with van der Waals surface area (Å²) < 4.78 is 5.61. The quantitative estimate of drug-likeness (QED) is 0.874. The maximum Gasteiger partial charge on any atom is 0.317 e. The molecule has 1 aliphatic rings. The summed E-state index contributed by atoms with van der Waals surface area (Å²) >= 11 is 0. The molecule has 4 nitrogen and oxygen atoms in total. The summed E-state index contributed by atoms with van der Waals surface area (Å²) in [6.07, 6.45) is 4.73. The van der Waals surface area contributed by atoms with Crippen LogP contribution < -0.4 is 5.32 Å². The lowest BCUT2D eigenvalue weighted by atomic mass is 10.1. The molecular weight excluding hydrogens is 264 g/mol. The second-order valence-corrected chi connectivity index (χ2v) is 5.90. The van der Waals surface area contributed by atoms with Crippen LogP contribution in [0.15, 0.2) is 30.3 Å². The van der Waals surface area contributed by atoms with E-state index >= 15 is 0 Å². The van der Waals surface area contributed by atoms with Gasteiger partial charge >= 0.3 is 6.03 Å². The van der Waals surface area contributed by atoms with Gasteiger partial charge in [0.25, 0.3) is 0 Å². The molecule has 0 saturated carbocycles. The average Bonchev–Trinajstić information content (AvgIpc) is 2.99. The van der Waals surface area contributed by atoms with Crippen molar-refractivity contribution >= 4 is 6.03 Å². The van der Waals surface area contributed by atoms with E-state index in [1.807, 2.05) is 37.4 Å². The van der Waals surface area contributed by atoms with Gasteiger partial charge in [-0.2, -0.15) is 0 Å². The van der Waals surface area contributed by atoms with Crippen molar-refractivity contribution in [2.24, 2.45) is 0 Å². The molecule has 1 aliphatic heterocycles. The third-order valence-electron chi connectivity index (χ3n) is 3.92. The first-order valence-corrected chi connectivity index (χ1v) is 7.82. The highest BCUT2D eigenvalue weighted by molar-refractivity contribution is 5.74. The highest BCUT2D eigenvalue weighted by atomic mass is 16.5. The maximum atomic E-state index is 12.1. The van der Waals surface area contributed by atoms with Crippen LogP contribution in [0.2, 0.25) is 0 Å². The zero-order chi connectivity index (χ0) is 15.1. The summed E-state index contributed by atoms with van der Waals surface area (Å²) in [6.45, 7) is 3.58. The van der Waals surface area contributed by atoms with Crippen molar-refractivity contribution in [1.82, 2.24) is 10.2 Å². The molecule has 0 bridgehead atoms. The Hall–Kier alpha value is -1.55. The Balaban J connectivity index is 1.69. The lowest BCUT2D eigenvalue weighted by Gasteiger charge is -2.22. The molecule has 4 heteroatoms. The summed E-state index contributed by atoms with van der Waals surface area (Å²) in [6, 6.07) is 10.2. The minimum Gasteiger partial charge on any atom is -0.378 e. The van der Waals surface area contributed by atoms with Gasteiger partial charge < -0.3 is 15.0 Å². The molecule has 1 aromatic carbocycles. The summed E-state index contributed by atoms with van der Waals surface area (Å²) in [5.41, 5.74) is 1.14. The largest absolute Gasteiger partial charge is 0.378 e. The van der Waals surface area contributed by atoms with Crippen LogP contribution in [0, 0.1) is 0 Å². The van der Waals surface area contributed by atoms with Crippen LogP contribution in [-0.4, -0.2) is 36.7 Å². The Morgan fingerprint density at radius 3 is 2.86 bits per heavy atom. The SMILES string of the molecule is CC(CCC1CCCO1)NC(=O)N(C)Cc1ccccc1. The molecule has 2 rings (SSSR count). The fraction of sp³-hybridized carbons (Fsp3) is 0.588. The van der Waals surface area contributed by atoms with E-state index in [1.165, 1.54) is 6.42 Å². The smallest absolute Gasteiger partial charge is 0.317 e. The molecule has 1 aromatic rings. The summed E-state index contributed by atoms with van der Waals surface area (Å²) in [5, 5.41) is 3.06. The highest BCUT2D eigenvalue weighted by Crippen LogP contribution is 2.17. The highest BCUT2D eigenvalue weighted by Gasteiger charge is 2.18. The molecule has 1 N–H and O–H groups in total. The van der Waals surface area contributed by atoms with Gasteiger partial charge in [0.2, 0.25) is 0 Å². The normalized spacial score (nSPS) is 19.2. The first-order chi connectivity index (χ1) is 10.1. The second-order valence-electron chi connectivity index (χ2n) is 5.90. The van der Waals surface area contributed by atoms with Gasteiger partial charge in [0.05, 0.1) is 6.10 Å². The summed E-state index contributed by atoms with van der Waals surface area (Å²) in [7, 11) is 1.83. The van der Waals surface area contributed by atoms with Gasteiger partial charge in [0, 0.05) is 26.2 Å². The third-order valence-corrected chi connectivity index (χ3v) is 3.92. The van der Waals surface area contributed by atoms with Gasteiger partial charge in [0.1, 0.15) is 0 Å². The van der Waals surface area contributed by atoms with Gasteiger partial charge in [-0.1, -0.05) is 30.3 Å². The van der Waals surface area contributed by atoms with E-state index in [4.69, 9.17) is 4.74 Å². The number of carbonyl (C=O) groups excluding carboxylic acids is 1. The van der Waals surface area contributed by atoms with E-state index < -0.39 is 0 Å². The first-order valence-electron chi connectivity index (χ1n) is 7.82. The molecule has 1 fully saturated rings. The lowest BCUT2D eigenvalue weighted by Crippen LogP contribution is -2.41. The maximum absolute atomic E-state index is 12.1. The number of rotatable bonds is 6. The predicted octanol–water partition coefficient (Wildman–Crippen LogP) is 3.18. The first kappa shape index (κ1) is 15.8. The number of carbonyl (C=O) groups is 1. The molecule has 0 radical (unpaired) electrons. The number of nitrogens with zero attached hydrogens (tertiary/aromatic N) is 1. The van der Waals surface area contributed by atoms with E-state index in [1.54, 1.807) is 4.90 Å². The van der Waals surface area contributed by atoms with Gasteiger partial charge in [-0.05, 0) is 38.2 Å². The molecule has 0 spiro atoms. The number of hydrogen-bond acceptors (Lipinski definition) is 2. The van der Waals surface area contributed by atoms with E-state index in [9.17, 15) is 4.79 Å². The van der Waals surface area contributed by atoms with Crippen molar-refractivity contribution in [3.63, 3.8) is 0 Å². The minimum atomic E-state index is -0.0151. The molecule has 1 heterocycles. The average molecular weight is 290 g/mol. The van der Waals surface area contributed by atoms with E-state index in [-0.39, 0.29) is 12.1 Å². The third kappa shape index (κ3) is 5.38. The molecule has 21 heavy (non-hydrogen) atoms. The number of nitrogens with one attached hydrogen (secondary N) is 1. The van der Waals surface area contributed by atoms with Crippen LogP contribution >= 0.6 is 0 Å². The standard InChI is InChI=1S/C17H26N2O2/c1-14(10-11-16-9-6-12-21-16)18-17(20)19(2)13-15-7-4-3-5-8-15/h3-5,7-8,14,16H,6,9-13H2,1-2H3,(H,18,20). The van der Waals surface area contributed by atoms with Crippen molar-refractivity contribution in [2.45, 2.75) is 51.3 Å². The number of urea groups is 1. The Bertz CT molecular complexity index is 430. The molecule has 116 valence electrons. The van der Waals surface area contributed by atoms with Crippen molar-refractivity contribution < 1.29 is 9.53 Å². The zero-order valence-corrected chi connectivity index (χ0v) is 13.0. The Kier molecular flexibility index (Phi) is 6.05. The minimum absolute atomic E-state index is 0.0151. The zero-order valence-electron chi connectivity index (χ0n) is 13.0. The van der Waals surface area contributed by atoms with Crippen LogP contribution in [-0.2, 0) is 11.3 Å². The van der Waals surface area contributed by atoms with Gasteiger partial charge in [-0.25, -0.2) is 4.79 Å². The molecule has 2 unspecified atom stereocenters. The summed E-state index contributed by atoms with van der Waals surface area (Å²) in [4.78, 5) is 13.9. The number of benzene rings is 1. The lowest BCUT2D eigenvalue weighted by molar-refractivity contribution is 0.1000. The van der Waals surface area contributed by atoms with Crippen LogP contribution in [0.25, 0.3) is 0 Å². The topological polar surface area (TPSA) is 41.6 Å². The number of amides is 2. The van der Waals surface area contributed by atoms with E-state index in [0.717, 1.165) is 31.4 Å². The molecule has 2 atom stereocenters. The molecule has 0 aliphatic carbocycles. The number of ether oxygens (including phenoxy) is 1. The fourth-order valence-electron chi connectivity index (χ4n) is 2.63. The Labute approximate surface area is 127 Å². The van der Waals surface area contributed by atoms with Crippen molar-refractivity contribution in [1.29, 1.82) is 0 Å². The van der Waals surface area contributed by atoms with Crippen LogP contribution in [0.5, 0.6) is 0 Å². The van der Waals surface area contributed by atoms with Gasteiger partial charge in [0.15, 0.2) is 0 Å².